The van der Waals surface area contributed by atoms with Crippen LogP contribution in [-0.4, -0.2) is 56.1 Å². The van der Waals surface area contributed by atoms with Crippen LogP contribution >= 0.6 is 45.5 Å². The lowest BCUT2D eigenvalue weighted by Crippen LogP contribution is -2.49. The number of carbonyl (C=O) groups excluding carboxylic acids is 4. The average molecular weight is 853 g/mol. The van der Waals surface area contributed by atoms with Crippen molar-refractivity contribution in [2.75, 3.05) is 12.0 Å². The normalized spacial score (nSPS) is 27.3. The van der Waals surface area contributed by atoms with Crippen molar-refractivity contribution >= 4 is 85.1 Å². The molecule has 270 valence electrons. The number of imide groups is 2. The molecule has 4 heterocycles. The fourth-order valence-corrected chi connectivity index (χ4v) is 11.3. The molecule has 0 spiro atoms. The minimum absolute atomic E-state index is 0.0207. The third-order valence-corrected chi connectivity index (χ3v) is 14.1. The predicted molar refractivity (Wildman–Crippen MR) is 207 cm³/mol. The zero-order valence-corrected chi connectivity index (χ0v) is 33.5. The summed E-state index contributed by atoms with van der Waals surface area (Å²) >= 11 is 9.93. The summed E-state index contributed by atoms with van der Waals surface area (Å²) in [5.41, 5.74) is 1.24. The first-order chi connectivity index (χ1) is 24.5. The van der Waals surface area contributed by atoms with E-state index in [4.69, 9.17) is 21.4 Å². The van der Waals surface area contributed by atoms with E-state index in [1.54, 1.807) is 35.2 Å². The summed E-state index contributed by atoms with van der Waals surface area (Å²) in [6.45, 7) is 9.42. The van der Waals surface area contributed by atoms with Crippen LogP contribution in [0.15, 0.2) is 48.0 Å². The van der Waals surface area contributed by atoms with Gasteiger partial charge in [-0.15, -0.1) is 11.3 Å². The number of halogens is 2. The average Bonchev–Trinajstić information content (AvgIpc) is 3.75. The molecule has 0 bridgehead atoms. The molecular weight excluding hydrogens is 815 g/mol. The number of benzene rings is 2. The van der Waals surface area contributed by atoms with Crippen molar-refractivity contribution in [3.05, 3.63) is 67.8 Å². The number of likely N-dealkylation sites (tertiary alicyclic amines) is 1. The lowest BCUT2D eigenvalue weighted by atomic mass is 9.51. The third kappa shape index (κ3) is 4.81. The first kappa shape index (κ1) is 35.3. The number of thiophene rings is 1. The van der Waals surface area contributed by atoms with Gasteiger partial charge in [0, 0.05) is 34.3 Å². The molecule has 3 fully saturated rings. The van der Waals surface area contributed by atoms with Crippen LogP contribution in [0.4, 0.5) is 5.82 Å². The summed E-state index contributed by atoms with van der Waals surface area (Å²) in [7, 11) is 3.20. The Morgan fingerprint density at radius 3 is 2.48 bits per heavy atom. The molecule has 4 aliphatic rings. The van der Waals surface area contributed by atoms with Gasteiger partial charge >= 0.3 is 0 Å². The van der Waals surface area contributed by atoms with Gasteiger partial charge < -0.3 is 9.84 Å². The Kier molecular flexibility index (Phi) is 8.06. The third-order valence-electron chi connectivity index (χ3n) is 11.8. The van der Waals surface area contributed by atoms with Gasteiger partial charge in [-0.1, -0.05) is 23.3 Å². The number of aryl methyl sites for hydroxylation is 2. The van der Waals surface area contributed by atoms with Crippen LogP contribution in [0, 0.1) is 39.6 Å². The maximum absolute atomic E-state index is 15.1. The number of aromatic hydroxyl groups is 1. The fourth-order valence-electron chi connectivity index (χ4n) is 9.41. The molecule has 4 amide bonds. The standard InChI is InChI=1S/C39H38ClIN4O6S/c1-17-22-14-19(40)8-11-28(22)52-33(17)26-16-29(43(6)42-26)44-35(48)24-15-23-20(9-10-21-30(23)36(49)45(34(21)47)38(2,3)4)31(39(24,5)37(44)50)18-12-25(41)32(46)27(13-18)51-7/h8-9,11-14,16,21,23-24,30-31,46H,10,15H2,1-7H3/t21-,23+,24-,30-,31-,39+/m0/s1. The summed E-state index contributed by atoms with van der Waals surface area (Å²) in [5.74, 6) is -3.66. The van der Waals surface area contributed by atoms with Gasteiger partial charge in [0.1, 0.15) is 11.5 Å². The van der Waals surface area contributed by atoms with E-state index in [1.165, 1.54) is 16.9 Å². The summed E-state index contributed by atoms with van der Waals surface area (Å²) in [6, 6.07) is 11.1. The molecular formula is C39H38ClIN4O6S. The zero-order chi connectivity index (χ0) is 37.3. The van der Waals surface area contributed by atoms with Crippen LogP contribution < -0.4 is 9.64 Å². The Bertz CT molecular complexity index is 2310. The van der Waals surface area contributed by atoms with E-state index in [-0.39, 0.29) is 41.5 Å². The highest BCUT2D eigenvalue weighted by Gasteiger charge is 2.68. The van der Waals surface area contributed by atoms with Crippen molar-refractivity contribution in [1.29, 1.82) is 0 Å². The van der Waals surface area contributed by atoms with E-state index >= 15 is 4.79 Å². The van der Waals surface area contributed by atoms with Crippen molar-refractivity contribution < 1.29 is 29.0 Å². The number of ether oxygens (including phenoxy) is 1. The molecule has 52 heavy (non-hydrogen) atoms. The highest BCUT2D eigenvalue weighted by atomic mass is 127. The quantitative estimate of drug-likeness (QED) is 0.128. The largest absolute Gasteiger partial charge is 0.504 e. The van der Waals surface area contributed by atoms with E-state index in [0.29, 0.717) is 32.1 Å². The molecule has 1 saturated carbocycles. The number of anilines is 1. The molecule has 10 nitrogen and oxygen atoms in total. The number of allylic oxidation sites excluding steroid dienone is 2. The van der Waals surface area contributed by atoms with Crippen LogP contribution in [0.3, 0.4) is 0 Å². The Balaban J connectivity index is 1.27. The summed E-state index contributed by atoms with van der Waals surface area (Å²) in [6.07, 6.45) is 2.62. The molecule has 4 aromatic rings. The maximum atomic E-state index is 15.1. The van der Waals surface area contributed by atoms with Crippen LogP contribution in [0.5, 0.6) is 11.5 Å². The maximum Gasteiger partial charge on any atom is 0.242 e. The minimum Gasteiger partial charge on any atom is -0.504 e. The topological polar surface area (TPSA) is 122 Å². The Hall–Kier alpha value is -3.75. The number of rotatable bonds is 4. The van der Waals surface area contributed by atoms with Crippen LogP contribution in [0.2, 0.25) is 5.02 Å². The lowest BCUT2D eigenvalue weighted by Gasteiger charge is -2.49. The van der Waals surface area contributed by atoms with Crippen molar-refractivity contribution in [1.82, 2.24) is 14.7 Å². The summed E-state index contributed by atoms with van der Waals surface area (Å²) < 4.78 is 8.72. The van der Waals surface area contributed by atoms with Gasteiger partial charge in [0.15, 0.2) is 11.5 Å². The number of methoxy groups -OCH3 is 1. The van der Waals surface area contributed by atoms with Gasteiger partial charge in [0.25, 0.3) is 0 Å². The molecule has 13 heteroatoms. The number of hydrogen-bond acceptors (Lipinski definition) is 8. The number of phenols is 1. The lowest BCUT2D eigenvalue weighted by molar-refractivity contribution is -0.145. The highest BCUT2D eigenvalue weighted by molar-refractivity contribution is 14.1. The molecule has 2 aromatic heterocycles. The van der Waals surface area contributed by atoms with Gasteiger partial charge in [-0.3, -0.25) is 28.8 Å². The fraction of sp³-hybridized carbons (Fsp3) is 0.410. The second-order valence-corrected chi connectivity index (χ2v) is 18.3. The second-order valence-electron chi connectivity index (χ2n) is 15.6. The van der Waals surface area contributed by atoms with E-state index in [1.807, 2.05) is 87.6 Å². The number of fused-ring (bicyclic) bond motifs is 5. The molecule has 2 saturated heterocycles. The highest BCUT2D eigenvalue weighted by Crippen LogP contribution is 2.64. The van der Waals surface area contributed by atoms with E-state index < -0.39 is 40.5 Å². The van der Waals surface area contributed by atoms with Gasteiger partial charge in [-0.2, -0.15) is 5.10 Å². The number of nitrogens with zero attached hydrogens (tertiary/aromatic N) is 4. The smallest absolute Gasteiger partial charge is 0.242 e. The molecule has 8 rings (SSSR count). The van der Waals surface area contributed by atoms with Gasteiger partial charge in [-0.05, 0) is 123 Å². The molecule has 2 aliphatic carbocycles. The molecule has 6 atom stereocenters. The van der Waals surface area contributed by atoms with Crippen molar-refractivity contribution in [2.45, 2.75) is 58.9 Å². The van der Waals surface area contributed by atoms with Crippen molar-refractivity contribution in [2.24, 2.45) is 36.1 Å². The van der Waals surface area contributed by atoms with Crippen LogP contribution in [-0.2, 0) is 26.2 Å². The zero-order valence-electron chi connectivity index (χ0n) is 29.8. The number of amides is 4. The number of phenolic OH excluding ortho intramolecular Hbond substituents is 1. The van der Waals surface area contributed by atoms with Gasteiger partial charge in [-0.25, -0.2) is 4.90 Å². The van der Waals surface area contributed by atoms with Crippen molar-refractivity contribution in [3.8, 4) is 22.1 Å². The number of aromatic nitrogens is 2. The molecule has 0 unspecified atom stereocenters. The SMILES string of the molecule is COc1cc([C@H]2C3=CC[C@@H]4C(=O)N(C(C)(C)C)C(=O)[C@@H]4[C@@H]3C[C@H]3C(=O)N(c4cc(-c5sc6ccc(Cl)cc6c5C)nn4C)C(=O)[C@@]23C)cc(I)c1O. The summed E-state index contributed by atoms with van der Waals surface area (Å²) in [5, 5.41) is 17.3. The number of carbonyl (C=O) groups is 4. The second kappa shape index (κ2) is 11.9. The Morgan fingerprint density at radius 2 is 1.79 bits per heavy atom. The monoisotopic (exact) mass is 852 g/mol. The number of hydrogen-bond donors (Lipinski definition) is 1. The van der Waals surface area contributed by atoms with Crippen molar-refractivity contribution in [3.63, 3.8) is 0 Å². The Morgan fingerprint density at radius 1 is 1.06 bits per heavy atom. The van der Waals surface area contributed by atoms with Gasteiger partial charge in [0.05, 0.1) is 38.7 Å². The van der Waals surface area contributed by atoms with Crippen LogP contribution in [0.25, 0.3) is 20.7 Å². The summed E-state index contributed by atoms with van der Waals surface area (Å²) in [4.78, 5) is 61.6. The predicted octanol–water partition coefficient (Wildman–Crippen LogP) is 7.61. The molecule has 1 N–H and O–H groups in total. The molecule has 2 aliphatic heterocycles. The molecule has 2 aromatic carbocycles. The van der Waals surface area contributed by atoms with Crippen LogP contribution in [0.1, 0.15) is 57.6 Å². The Labute approximate surface area is 323 Å². The first-order valence-corrected chi connectivity index (χ1v) is 19.5. The van der Waals surface area contributed by atoms with E-state index in [2.05, 4.69) is 0 Å². The van der Waals surface area contributed by atoms with E-state index in [0.717, 1.165) is 26.1 Å². The van der Waals surface area contributed by atoms with Gasteiger partial charge in [0.2, 0.25) is 23.6 Å². The van der Waals surface area contributed by atoms with E-state index in [9.17, 15) is 19.5 Å². The first-order valence-electron chi connectivity index (χ1n) is 17.2. The minimum atomic E-state index is -1.26. The molecule has 0 radical (unpaired) electrons.